The lowest BCUT2D eigenvalue weighted by molar-refractivity contribution is -0.129. The van der Waals surface area contributed by atoms with E-state index in [-0.39, 0.29) is 11.9 Å². The number of amides is 1. The van der Waals surface area contributed by atoms with E-state index in [9.17, 15) is 9.59 Å². The first-order valence-electron chi connectivity index (χ1n) is 9.33. The molecule has 1 amide bonds. The second-order valence-corrected chi connectivity index (χ2v) is 6.87. The van der Waals surface area contributed by atoms with Crippen molar-refractivity contribution in [3.05, 3.63) is 72.4 Å². The zero-order valence-electron chi connectivity index (χ0n) is 15.5. The topological polar surface area (TPSA) is 73.2 Å². The molecule has 1 aliphatic rings. The third-order valence-electron chi connectivity index (χ3n) is 4.58. The monoisotopic (exact) mass is 375 g/mol. The summed E-state index contributed by atoms with van der Waals surface area (Å²) in [6.45, 7) is 1.58. The van der Waals surface area contributed by atoms with Gasteiger partial charge in [-0.25, -0.2) is 9.48 Å². The number of ether oxygens (including phenoxy) is 1. The molecule has 1 fully saturated rings. The predicted molar refractivity (Wildman–Crippen MR) is 105 cm³/mol. The second kappa shape index (κ2) is 7.68. The number of nitrogens with zero attached hydrogens (tertiary/aromatic N) is 2. The Bertz CT molecular complexity index is 979. The lowest BCUT2D eigenvalue weighted by Crippen LogP contribution is -2.37. The van der Waals surface area contributed by atoms with Crippen LogP contribution in [0.1, 0.15) is 30.1 Å². The number of hydrogen-bond donors (Lipinski definition) is 1. The number of esters is 1. The fourth-order valence-corrected chi connectivity index (χ4v) is 2.87. The number of rotatable bonds is 6. The van der Waals surface area contributed by atoms with Crippen LogP contribution in [0.2, 0.25) is 0 Å². The van der Waals surface area contributed by atoms with Crippen LogP contribution in [0.15, 0.2) is 66.9 Å². The van der Waals surface area contributed by atoms with Gasteiger partial charge in [-0.3, -0.25) is 4.79 Å². The van der Waals surface area contributed by atoms with Crippen molar-refractivity contribution in [1.82, 2.24) is 15.1 Å². The number of nitrogens with one attached hydrogen (secondary N) is 1. The smallest absolute Gasteiger partial charge is 0.342 e. The van der Waals surface area contributed by atoms with E-state index in [0.717, 1.165) is 24.1 Å². The largest absolute Gasteiger partial charge is 0.449 e. The summed E-state index contributed by atoms with van der Waals surface area (Å²) in [6.07, 6.45) is 2.74. The summed E-state index contributed by atoms with van der Waals surface area (Å²) < 4.78 is 7.08. The molecule has 1 heterocycles. The predicted octanol–water partition coefficient (Wildman–Crippen LogP) is 3.36. The number of para-hydroxylation sites is 1. The maximum atomic E-state index is 12.8. The lowest BCUT2D eigenvalue weighted by Gasteiger charge is -2.13. The summed E-state index contributed by atoms with van der Waals surface area (Å²) in [5.41, 5.74) is 2.47. The molecule has 1 N–H and O–H groups in total. The van der Waals surface area contributed by atoms with Gasteiger partial charge in [-0.15, -0.1) is 0 Å². The van der Waals surface area contributed by atoms with Crippen molar-refractivity contribution in [3.63, 3.8) is 0 Å². The normalized spacial score (nSPS) is 14.3. The minimum atomic E-state index is -0.864. The SMILES string of the molecule is C[C@@H](OC(=O)c1cn(-c2ccccc2)nc1-c1ccccc1)C(=O)NC1CC1. The lowest BCUT2D eigenvalue weighted by atomic mass is 10.1. The van der Waals surface area contributed by atoms with Crippen molar-refractivity contribution in [2.75, 3.05) is 0 Å². The van der Waals surface area contributed by atoms with Gasteiger partial charge in [0, 0.05) is 17.8 Å². The Balaban J connectivity index is 1.63. The Kier molecular flexibility index (Phi) is 4.93. The highest BCUT2D eigenvalue weighted by Crippen LogP contribution is 2.25. The van der Waals surface area contributed by atoms with E-state index in [2.05, 4.69) is 10.4 Å². The summed E-state index contributed by atoms with van der Waals surface area (Å²) in [4.78, 5) is 25.0. The maximum Gasteiger partial charge on any atom is 0.342 e. The van der Waals surface area contributed by atoms with E-state index in [4.69, 9.17) is 4.74 Å². The third-order valence-corrected chi connectivity index (χ3v) is 4.58. The maximum absolute atomic E-state index is 12.8. The van der Waals surface area contributed by atoms with Gasteiger partial charge in [0.2, 0.25) is 0 Å². The van der Waals surface area contributed by atoms with E-state index in [1.54, 1.807) is 17.8 Å². The molecule has 0 spiro atoms. The molecule has 1 aromatic heterocycles. The Morgan fingerprint density at radius 2 is 1.71 bits per heavy atom. The summed E-state index contributed by atoms with van der Waals surface area (Å²) in [5.74, 6) is -0.841. The van der Waals surface area contributed by atoms with Crippen molar-refractivity contribution < 1.29 is 14.3 Å². The highest BCUT2D eigenvalue weighted by Gasteiger charge is 2.28. The average Bonchev–Trinajstić information content (AvgIpc) is 3.42. The van der Waals surface area contributed by atoms with E-state index in [0.29, 0.717) is 11.3 Å². The fourth-order valence-electron chi connectivity index (χ4n) is 2.87. The first-order valence-corrected chi connectivity index (χ1v) is 9.33. The van der Waals surface area contributed by atoms with Crippen molar-refractivity contribution in [2.24, 2.45) is 0 Å². The van der Waals surface area contributed by atoms with Crippen LogP contribution in [0.3, 0.4) is 0 Å². The Hall–Kier alpha value is -3.41. The van der Waals surface area contributed by atoms with Crippen LogP contribution in [-0.2, 0) is 9.53 Å². The molecule has 0 bridgehead atoms. The highest BCUT2D eigenvalue weighted by molar-refractivity contribution is 5.97. The summed E-state index contributed by atoms with van der Waals surface area (Å²) in [7, 11) is 0. The molecule has 0 aliphatic heterocycles. The average molecular weight is 375 g/mol. The Morgan fingerprint density at radius 1 is 1.07 bits per heavy atom. The molecule has 6 nitrogen and oxygen atoms in total. The third kappa shape index (κ3) is 3.96. The highest BCUT2D eigenvalue weighted by atomic mass is 16.5. The van der Waals surface area contributed by atoms with Crippen LogP contribution in [0.25, 0.3) is 16.9 Å². The molecule has 4 rings (SSSR count). The van der Waals surface area contributed by atoms with Crippen LogP contribution >= 0.6 is 0 Å². The van der Waals surface area contributed by atoms with Gasteiger partial charge in [0.1, 0.15) is 11.3 Å². The van der Waals surface area contributed by atoms with Gasteiger partial charge in [-0.2, -0.15) is 5.10 Å². The van der Waals surface area contributed by atoms with Crippen molar-refractivity contribution >= 4 is 11.9 Å². The number of benzene rings is 2. The second-order valence-electron chi connectivity index (χ2n) is 6.87. The van der Waals surface area contributed by atoms with Gasteiger partial charge >= 0.3 is 5.97 Å². The van der Waals surface area contributed by atoms with Crippen molar-refractivity contribution in [3.8, 4) is 16.9 Å². The van der Waals surface area contributed by atoms with Crippen molar-refractivity contribution in [2.45, 2.75) is 31.9 Å². The number of carbonyl (C=O) groups excluding carboxylic acids is 2. The van der Waals surface area contributed by atoms with E-state index in [1.165, 1.54) is 0 Å². The standard InChI is InChI=1S/C22H21N3O3/c1-15(21(26)23-17-12-13-17)28-22(27)19-14-25(18-10-6-3-7-11-18)24-20(19)16-8-4-2-5-9-16/h2-11,14-15,17H,12-13H2,1H3,(H,23,26)/t15-/m1/s1. The van der Waals surface area contributed by atoms with Gasteiger partial charge < -0.3 is 10.1 Å². The van der Waals surface area contributed by atoms with Gasteiger partial charge in [0.25, 0.3) is 5.91 Å². The summed E-state index contributed by atoms with van der Waals surface area (Å²) >= 11 is 0. The number of aromatic nitrogens is 2. The molecular formula is C22H21N3O3. The first-order chi connectivity index (χ1) is 13.6. The Morgan fingerprint density at radius 3 is 2.36 bits per heavy atom. The van der Waals surface area contributed by atoms with Crippen molar-refractivity contribution in [1.29, 1.82) is 0 Å². The Labute approximate surface area is 163 Å². The molecule has 1 atom stereocenters. The zero-order chi connectivity index (χ0) is 19.5. The summed E-state index contributed by atoms with van der Waals surface area (Å²) in [5, 5.41) is 7.45. The van der Waals surface area contributed by atoms with Gasteiger partial charge in [0.05, 0.1) is 5.69 Å². The van der Waals surface area contributed by atoms with Crippen LogP contribution in [0.4, 0.5) is 0 Å². The van der Waals surface area contributed by atoms with Crippen LogP contribution in [0.5, 0.6) is 0 Å². The van der Waals surface area contributed by atoms with E-state index >= 15 is 0 Å². The molecule has 0 saturated heterocycles. The molecule has 0 unspecified atom stereocenters. The van der Waals surface area contributed by atoms with Crippen LogP contribution in [0, 0.1) is 0 Å². The van der Waals surface area contributed by atoms with Gasteiger partial charge in [-0.1, -0.05) is 48.5 Å². The molecule has 6 heteroatoms. The van der Waals surface area contributed by atoms with Crippen LogP contribution in [-0.4, -0.2) is 33.8 Å². The van der Waals surface area contributed by atoms with Crippen LogP contribution < -0.4 is 5.32 Å². The zero-order valence-corrected chi connectivity index (χ0v) is 15.5. The first kappa shape index (κ1) is 18.0. The molecule has 28 heavy (non-hydrogen) atoms. The van der Waals surface area contributed by atoms with Gasteiger partial charge in [-0.05, 0) is 31.9 Å². The molecule has 0 radical (unpaired) electrons. The molecule has 142 valence electrons. The van der Waals surface area contributed by atoms with E-state index < -0.39 is 12.1 Å². The molecule has 2 aromatic carbocycles. The quantitative estimate of drug-likeness (QED) is 0.671. The number of hydrogen-bond acceptors (Lipinski definition) is 4. The minimum Gasteiger partial charge on any atom is -0.449 e. The fraction of sp³-hybridized carbons (Fsp3) is 0.227. The van der Waals surface area contributed by atoms with E-state index in [1.807, 2.05) is 60.7 Å². The molecule has 3 aromatic rings. The minimum absolute atomic E-state index is 0.217. The molecule has 1 saturated carbocycles. The summed E-state index contributed by atoms with van der Waals surface area (Å²) in [6, 6.07) is 19.2. The van der Waals surface area contributed by atoms with Gasteiger partial charge in [0.15, 0.2) is 6.10 Å². The molecular weight excluding hydrogens is 354 g/mol. The number of carbonyl (C=O) groups is 2. The molecule has 1 aliphatic carbocycles.